The lowest BCUT2D eigenvalue weighted by molar-refractivity contribution is -0.274. The molecule has 0 atom stereocenters. The van der Waals surface area contributed by atoms with E-state index in [0.29, 0.717) is 12.2 Å². The van der Waals surface area contributed by atoms with Crippen molar-refractivity contribution in [3.63, 3.8) is 0 Å². The van der Waals surface area contributed by atoms with Crippen molar-refractivity contribution in [3.8, 4) is 11.6 Å². The lowest BCUT2D eigenvalue weighted by Gasteiger charge is -2.13. The molecule has 1 N–H and O–H groups in total. The Kier molecular flexibility index (Phi) is 5.86. The molecular formula is C20H19F3N4O2. The molecule has 3 aromatic rings. The van der Waals surface area contributed by atoms with Gasteiger partial charge in [0.1, 0.15) is 5.75 Å². The number of rotatable bonds is 6. The number of halogens is 3. The van der Waals surface area contributed by atoms with Crippen molar-refractivity contribution >= 4 is 5.91 Å². The molecule has 1 aromatic carbocycles. The molecule has 0 saturated heterocycles. The van der Waals surface area contributed by atoms with Gasteiger partial charge in [0, 0.05) is 18.4 Å². The van der Waals surface area contributed by atoms with Gasteiger partial charge in [-0.25, -0.2) is 9.67 Å². The van der Waals surface area contributed by atoms with Gasteiger partial charge < -0.3 is 10.1 Å². The maximum absolute atomic E-state index is 12.5. The molecule has 0 saturated carbocycles. The third kappa shape index (κ3) is 4.92. The van der Waals surface area contributed by atoms with Gasteiger partial charge in [-0.1, -0.05) is 18.2 Å². The van der Waals surface area contributed by atoms with Gasteiger partial charge in [-0.2, -0.15) is 5.10 Å². The maximum Gasteiger partial charge on any atom is 0.573 e. The molecule has 0 aliphatic carbocycles. The quantitative estimate of drug-likeness (QED) is 0.679. The van der Waals surface area contributed by atoms with Gasteiger partial charge in [-0.15, -0.1) is 13.2 Å². The molecule has 0 unspecified atom stereocenters. The molecule has 0 aliphatic heterocycles. The molecule has 2 heterocycles. The predicted molar refractivity (Wildman–Crippen MR) is 100.0 cm³/mol. The van der Waals surface area contributed by atoms with Crippen molar-refractivity contribution in [2.45, 2.75) is 26.6 Å². The Labute approximate surface area is 165 Å². The molecular weight excluding hydrogens is 385 g/mol. The molecule has 0 aliphatic rings. The molecule has 3 rings (SSSR count). The average molecular weight is 404 g/mol. The zero-order valence-electron chi connectivity index (χ0n) is 15.8. The Morgan fingerprint density at radius 3 is 2.55 bits per heavy atom. The number of pyridine rings is 1. The van der Waals surface area contributed by atoms with Crippen molar-refractivity contribution in [1.29, 1.82) is 0 Å². The van der Waals surface area contributed by atoms with Gasteiger partial charge in [0.05, 0.1) is 11.3 Å². The molecule has 0 spiro atoms. The van der Waals surface area contributed by atoms with E-state index >= 15 is 0 Å². The summed E-state index contributed by atoms with van der Waals surface area (Å²) in [7, 11) is 0. The Bertz CT molecular complexity index is 1000. The number of alkyl halides is 3. The number of carbonyl (C=O) groups is 1. The largest absolute Gasteiger partial charge is 0.573 e. The topological polar surface area (TPSA) is 69.0 Å². The number of aryl methyl sites for hydroxylation is 1. The van der Waals surface area contributed by atoms with E-state index in [1.54, 1.807) is 10.9 Å². The van der Waals surface area contributed by atoms with Crippen LogP contribution in [0.25, 0.3) is 5.82 Å². The van der Waals surface area contributed by atoms with Crippen LogP contribution in [0.1, 0.15) is 27.3 Å². The molecule has 2 aromatic heterocycles. The lowest BCUT2D eigenvalue weighted by atomic mass is 10.1. The maximum atomic E-state index is 12.5. The summed E-state index contributed by atoms with van der Waals surface area (Å²) >= 11 is 0. The first-order valence-electron chi connectivity index (χ1n) is 8.86. The molecule has 6 nitrogen and oxygen atoms in total. The number of amides is 1. The van der Waals surface area contributed by atoms with E-state index in [9.17, 15) is 18.0 Å². The zero-order chi connectivity index (χ0) is 21.0. The first kappa shape index (κ1) is 20.4. The average Bonchev–Trinajstić information content (AvgIpc) is 2.96. The van der Waals surface area contributed by atoms with Crippen LogP contribution in [-0.2, 0) is 6.42 Å². The van der Waals surface area contributed by atoms with Gasteiger partial charge in [0.2, 0.25) is 0 Å². The molecule has 0 fully saturated rings. The summed E-state index contributed by atoms with van der Waals surface area (Å²) in [5.74, 6) is -0.494. The predicted octanol–water partition coefficient (Wildman–Crippen LogP) is 3.76. The molecule has 9 heteroatoms. The van der Waals surface area contributed by atoms with Crippen LogP contribution in [0, 0.1) is 13.8 Å². The van der Waals surface area contributed by atoms with E-state index in [4.69, 9.17) is 0 Å². The monoisotopic (exact) mass is 404 g/mol. The highest BCUT2D eigenvalue weighted by atomic mass is 19.4. The summed E-state index contributed by atoms with van der Waals surface area (Å²) in [5, 5.41) is 7.13. The second-order valence-electron chi connectivity index (χ2n) is 6.30. The van der Waals surface area contributed by atoms with E-state index in [-0.39, 0.29) is 12.1 Å². The first-order chi connectivity index (χ1) is 13.8. The number of para-hydroxylation sites is 1. The second-order valence-corrected chi connectivity index (χ2v) is 6.30. The van der Waals surface area contributed by atoms with Gasteiger partial charge in [0.15, 0.2) is 5.82 Å². The SMILES string of the molecule is Cc1nn(-c2ccccn2)c(C)c1CCNC(=O)c1ccccc1OC(F)(F)F. The highest BCUT2D eigenvalue weighted by molar-refractivity contribution is 5.96. The second kappa shape index (κ2) is 8.34. The normalized spacial score (nSPS) is 11.3. The smallest absolute Gasteiger partial charge is 0.405 e. The van der Waals surface area contributed by atoms with Crippen molar-refractivity contribution in [1.82, 2.24) is 20.1 Å². The Balaban J connectivity index is 1.68. The molecule has 0 bridgehead atoms. The minimum atomic E-state index is -4.87. The van der Waals surface area contributed by atoms with Crippen LogP contribution in [0.4, 0.5) is 13.2 Å². The minimum absolute atomic E-state index is 0.178. The number of hydrogen-bond donors (Lipinski definition) is 1. The number of carbonyl (C=O) groups excluding carboxylic acids is 1. The van der Waals surface area contributed by atoms with Crippen LogP contribution in [0.3, 0.4) is 0 Å². The number of ether oxygens (including phenoxy) is 1. The fourth-order valence-corrected chi connectivity index (χ4v) is 3.00. The van der Waals surface area contributed by atoms with Crippen LogP contribution >= 0.6 is 0 Å². The number of benzene rings is 1. The fourth-order valence-electron chi connectivity index (χ4n) is 3.00. The summed E-state index contributed by atoms with van der Waals surface area (Å²) in [4.78, 5) is 16.6. The minimum Gasteiger partial charge on any atom is -0.405 e. The summed E-state index contributed by atoms with van der Waals surface area (Å²) in [6, 6.07) is 10.7. The lowest BCUT2D eigenvalue weighted by Crippen LogP contribution is -2.27. The number of hydrogen-bond acceptors (Lipinski definition) is 4. The number of nitrogens with zero attached hydrogens (tertiary/aromatic N) is 3. The van der Waals surface area contributed by atoms with Crippen molar-refractivity contribution < 1.29 is 22.7 Å². The zero-order valence-corrected chi connectivity index (χ0v) is 15.8. The molecule has 0 radical (unpaired) electrons. The molecule has 152 valence electrons. The van der Waals surface area contributed by atoms with Crippen LogP contribution < -0.4 is 10.1 Å². The Hall–Kier alpha value is -3.36. The number of nitrogens with one attached hydrogen (secondary N) is 1. The van der Waals surface area contributed by atoms with Crippen LogP contribution in [0.5, 0.6) is 5.75 Å². The third-order valence-corrected chi connectivity index (χ3v) is 4.33. The molecule has 1 amide bonds. The van der Waals surface area contributed by atoms with Gasteiger partial charge in [0.25, 0.3) is 5.91 Å². The van der Waals surface area contributed by atoms with Crippen LogP contribution in [0.15, 0.2) is 48.7 Å². The summed E-state index contributed by atoms with van der Waals surface area (Å²) < 4.78 is 43.2. The van der Waals surface area contributed by atoms with Gasteiger partial charge in [-0.3, -0.25) is 4.79 Å². The van der Waals surface area contributed by atoms with Crippen molar-refractivity contribution in [2.24, 2.45) is 0 Å². The summed E-state index contributed by atoms with van der Waals surface area (Å²) in [6.07, 6.45) is -2.73. The standard InChI is InChI=1S/C20H19F3N4O2/c1-13-15(14(2)27(26-13)18-9-5-6-11-24-18)10-12-25-19(28)16-7-3-4-8-17(16)29-20(21,22)23/h3-9,11H,10,12H2,1-2H3,(H,25,28). The Morgan fingerprint density at radius 1 is 1.14 bits per heavy atom. The van der Waals surface area contributed by atoms with Crippen LogP contribution in [0.2, 0.25) is 0 Å². The summed E-state index contributed by atoms with van der Waals surface area (Å²) in [5.41, 5.74) is 2.44. The van der Waals surface area contributed by atoms with Crippen molar-refractivity contribution in [2.75, 3.05) is 6.54 Å². The summed E-state index contributed by atoms with van der Waals surface area (Å²) in [6.45, 7) is 3.99. The van der Waals surface area contributed by atoms with Crippen molar-refractivity contribution in [3.05, 3.63) is 71.2 Å². The highest BCUT2D eigenvalue weighted by Crippen LogP contribution is 2.26. The Morgan fingerprint density at radius 2 is 1.86 bits per heavy atom. The fraction of sp³-hybridized carbons (Fsp3) is 0.250. The van der Waals surface area contributed by atoms with E-state index < -0.39 is 18.0 Å². The van der Waals surface area contributed by atoms with Gasteiger partial charge >= 0.3 is 6.36 Å². The van der Waals surface area contributed by atoms with E-state index in [2.05, 4.69) is 20.1 Å². The number of aromatic nitrogens is 3. The van der Waals surface area contributed by atoms with E-state index in [1.165, 1.54) is 18.2 Å². The molecule has 29 heavy (non-hydrogen) atoms. The van der Waals surface area contributed by atoms with Gasteiger partial charge in [-0.05, 0) is 50.1 Å². The highest BCUT2D eigenvalue weighted by Gasteiger charge is 2.32. The first-order valence-corrected chi connectivity index (χ1v) is 8.86. The van der Waals surface area contributed by atoms with Crippen LogP contribution in [-0.4, -0.2) is 33.6 Å². The third-order valence-electron chi connectivity index (χ3n) is 4.33. The van der Waals surface area contributed by atoms with E-state index in [1.807, 2.05) is 32.0 Å². The van der Waals surface area contributed by atoms with E-state index in [0.717, 1.165) is 23.0 Å².